The van der Waals surface area contributed by atoms with Crippen LogP contribution in [0.15, 0.2) is 66.0 Å². The smallest absolute Gasteiger partial charge is 0.324 e. The molecule has 0 spiro atoms. The molecule has 0 fully saturated rings. The van der Waals surface area contributed by atoms with E-state index in [1.165, 1.54) is 11.1 Å². The Morgan fingerprint density at radius 1 is 0.852 bits per heavy atom. The summed E-state index contributed by atoms with van der Waals surface area (Å²) in [6.07, 6.45) is 5.31. The first-order valence-electron chi connectivity index (χ1n) is 8.99. The number of unbranched alkanes of at least 4 members (excludes halogenated alkanes) is 2. The van der Waals surface area contributed by atoms with Gasteiger partial charge in [-0.1, -0.05) is 73.5 Å². The Kier molecular flexibility index (Phi) is 12.2. The minimum absolute atomic E-state index is 0.0773. The summed E-state index contributed by atoms with van der Waals surface area (Å²) in [5.41, 5.74) is 2.75. The second-order valence-electron chi connectivity index (χ2n) is 6.27. The van der Waals surface area contributed by atoms with Gasteiger partial charge in [-0.2, -0.15) is 0 Å². The largest absolute Gasteiger partial charge is 0.361 e. The number of benzene rings is 2. The van der Waals surface area contributed by atoms with E-state index >= 15 is 0 Å². The lowest BCUT2D eigenvalue weighted by atomic mass is 9.87. The molecule has 3 N–H and O–H groups in total. The third-order valence-corrected chi connectivity index (χ3v) is 4.23. The van der Waals surface area contributed by atoms with Gasteiger partial charge in [0.05, 0.1) is 0 Å². The molecular formula is C20H28NO5P. The topological polar surface area (TPSA) is 99.4 Å². The van der Waals surface area contributed by atoms with Crippen LogP contribution in [-0.4, -0.2) is 20.8 Å². The molecule has 0 aromatic heterocycles. The van der Waals surface area contributed by atoms with Gasteiger partial charge in [-0.15, -0.1) is 4.91 Å². The van der Waals surface area contributed by atoms with Gasteiger partial charge in [0, 0.05) is 5.92 Å². The first-order chi connectivity index (χ1) is 13.0. The van der Waals surface area contributed by atoms with Gasteiger partial charge < -0.3 is 19.5 Å². The molecule has 0 heterocycles. The van der Waals surface area contributed by atoms with Crippen molar-refractivity contribution in [3.05, 3.63) is 76.7 Å². The summed E-state index contributed by atoms with van der Waals surface area (Å²) in [5.74, 6) is 0.447. The van der Waals surface area contributed by atoms with Gasteiger partial charge in [0.15, 0.2) is 5.34 Å². The third kappa shape index (κ3) is 10.8. The molecule has 2 aromatic rings. The van der Waals surface area contributed by atoms with E-state index in [4.69, 9.17) is 14.7 Å². The summed E-state index contributed by atoms with van der Waals surface area (Å²) >= 11 is 0. The molecule has 2 rings (SSSR count). The normalized spacial score (nSPS) is 11.6. The van der Waals surface area contributed by atoms with E-state index in [0.29, 0.717) is 5.92 Å². The Morgan fingerprint density at radius 3 is 1.74 bits per heavy atom. The number of nitrogens with zero attached hydrogens (tertiary/aromatic N) is 1. The van der Waals surface area contributed by atoms with Gasteiger partial charge in [0.2, 0.25) is 0 Å². The van der Waals surface area contributed by atoms with Crippen LogP contribution in [0.3, 0.4) is 0 Å². The highest BCUT2D eigenvalue weighted by Gasteiger charge is 2.13. The summed E-state index contributed by atoms with van der Waals surface area (Å²) in [4.78, 5) is 36.4. The van der Waals surface area contributed by atoms with E-state index in [2.05, 4.69) is 70.8 Å². The molecule has 1 unspecified atom stereocenters. The van der Waals surface area contributed by atoms with Crippen molar-refractivity contribution in [1.29, 1.82) is 0 Å². The summed E-state index contributed by atoms with van der Waals surface area (Å²) in [5, 5.41) is 2.49. The van der Waals surface area contributed by atoms with Crippen LogP contribution in [0.25, 0.3) is 0 Å². The highest BCUT2D eigenvalue weighted by Crippen LogP contribution is 2.30. The van der Waals surface area contributed by atoms with Crippen LogP contribution in [-0.2, 0) is 4.84 Å². The van der Waals surface area contributed by atoms with Gasteiger partial charge in [-0.3, -0.25) is 0 Å². The molecule has 0 saturated heterocycles. The molecular weight excluding hydrogens is 365 g/mol. The fourth-order valence-corrected chi connectivity index (χ4v) is 2.98. The number of hydrogen-bond donors (Lipinski definition) is 3. The first-order valence-corrected chi connectivity index (χ1v) is 10.2. The Bertz CT molecular complexity index is 570. The maximum absolute atomic E-state index is 10.0. The van der Waals surface area contributed by atoms with Crippen LogP contribution in [0.2, 0.25) is 0 Å². The summed E-state index contributed by atoms with van der Waals surface area (Å²) < 4.78 is 0. The number of rotatable bonds is 10. The van der Waals surface area contributed by atoms with Gasteiger partial charge in [-0.25, -0.2) is 0 Å². The van der Waals surface area contributed by atoms with E-state index in [0.717, 1.165) is 32.1 Å². The van der Waals surface area contributed by atoms with Crippen molar-refractivity contribution in [2.24, 2.45) is 5.34 Å². The third-order valence-electron chi connectivity index (χ3n) is 4.23. The van der Waals surface area contributed by atoms with E-state index in [9.17, 15) is 4.91 Å². The molecule has 1 atom stereocenters. The molecule has 0 saturated carbocycles. The molecule has 0 bridgehead atoms. The van der Waals surface area contributed by atoms with Crippen LogP contribution in [0.1, 0.15) is 56.1 Å². The van der Waals surface area contributed by atoms with Gasteiger partial charge >= 0.3 is 8.60 Å². The minimum Gasteiger partial charge on any atom is -0.361 e. The van der Waals surface area contributed by atoms with E-state index in [1.807, 2.05) is 6.92 Å². The summed E-state index contributed by atoms with van der Waals surface area (Å²) in [6, 6.07) is 21.4. The average Bonchev–Trinajstić information content (AvgIpc) is 2.66. The van der Waals surface area contributed by atoms with Crippen LogP contribution in [0.4, 0.5) is 0 Å². The lowest BCUT2D eigenvalue weighted by Gasteiger charge is -2.18. The molecule has 0 aliphatic rings. The zero-order chi connectivity index (χ0) is 19.9. The fraction of sp³-hybridized carbons (Fsp3) is 0.400. The second kappa shape index (κ2) is 14.2. The molecule has 0 amide bonds. The Hall–Kier alpha value is -1.85. The minimum atomic E-state index is -2.62. The monoisotopic (exact) mass is 393 g/mol. The van der Waals surface area contributed by atoms with Crippen LogP contribution in [0, 0.1) is 4.91 Å². The van der Waals surface area contributed by atoms with Crippen molar-refractivity contribution < 1.29 is 19.5 Å². The van der Waals surface area contributed by atoms with Gasteiger partial charge in [0.25, 0.3) is 0 Å². The predicted octanol–water partition coefficient (Wildman–Crippen LogP) is 5.05. The molecule has 2 aromatic carbocycles. The molecule has 0 aliphatic heterocycles. The molecule has 7 heteroatoms. The van der Waals surface area contributed by atoms with Crippen molar-refractivity contribution in [3.63, 3.8) is 0 Å². The molecule has 27 heavy (non-hydrogen) atoms. The molecule has 0 radical (unpaired) electrons. The molecule has 0 aliphatic carbocycles. The number of hydrogen-bond acceptors (Lipinski definition) is 6. The highest BCUT2D eigenvalue weighted by molar-refractivity contribution is 7.38. The summed E-state index contributed by atoms with van der Waals surface area (Å²) in [6.45, 7) is 1.89. The van der Waals surface area contributed by atoms with Crippen molar-refractivity contribution in [2.45, 2.75) is 51.0 Å². The highest BCUT2D eigenvalue weighted by atomic mass is 31.2. The summed E-state index contributed by atoms with van der Waals surface area (Å²) in [7, 11) is -2.62. The maximum atomic E-state index is 10.0. The second-order valence-corrected chi connectivity index (χ2v) is 6.81. The maximum Gasteiger partial charge on any atom is 0.324 e. The molecule has 148 valence electrons. The molecule has 6 nitrogen and oxygen atoms in total. The van der Waals surface area contributed by atoms with Crippen LogP contribution < -0.4 is 0 Å². The van der Waals surface area contributed by atoms with Crippen molar-refractivity contribution in [3.8, 4) is 0 Å². The lowest BCUT2D eigenvalue weighted by Crippen LogP contribution is -2.04. The van der Waals surface area contributed by atoms with Crippen LogP contribution in [0.5, 0.6) is 0 Å². The first kappa shape index (κ1) is 23.2. The quantitative estimate of drug-likeness (QED) is 0.227. The zero-order valence-corrected chi connectivity index (χ0v) is 16.4. The van der Waals surface area contributed by atoms with Gasteiger partial charge in [0.1, 0.15) is 6.10 Å². The SMILES string of the molecule is CC(CCCCCC(c1ccccc1)c1ccccc1)ON=O.OP(O)O. The Balaban J connectivity index is 0.000000828. The predicted molar refractivity (Wildman–Crippen MR) is 108 cm³/mol. The van der Waals surface area contributed by atoms with Crippen LogP contribution >= 0.6 is 8.60 Å². The van der Waals surface area contributed by atoms with E-state index in [-0.39, 0.29) is 6.10 Å². The van der Waals surface area contributed by atoms with E-state index in [1.54, 1.807) is 0 Å². The average molecular weight is 393 g/mol. The van der Waals surface area contributed by atoms with Crippen molar-refractivity contribution in [1.82, 2.24) is 0 Å². The van der Waals surface area contributed by atoms with Gasteiger partial charge in [-0.05, 0) is 37.3 Å². The van der Waals surface area contributed by atoms with Crippen molar-refractivity contribution in [2.75, 3.05) is 0 Å². The Morgan fingerprint density at radius 2 is 1.30 bits per heavy atom. The van der Waals surface area contributed by atoms with Crippen molar-refractivity contribution >= 4 is 8.60 Å². The lowest BCUT2D eigenvalue weighted by molar-refractivity contribution is 0.0607. The standard InChI is InChI=1S/C20H25NO2.H3O3P/c1-17(23-21-22)11-5-2-10-16-20(18-12-6-3-7-13-18)19-14-8-4-9-15-19;1-4(2)3/h3-4,6-9,12-15,17,20H,2,5,10-11,16H2,1H3;1-3H. The zero-order valence-electron chi connectivity index (χ0n) is 15.5. The Labute approximate surface area is 161 Å². The van der Waals surface area contributed by atoms with E-state index < -0.39 is 8.60 Å². The fourth-order valence-electron chi connectivity index (χ4n) is 2.98.